The van der Waals surface area contributed by atoms with Gasteiger partial charge in [-0.15, -0.1) is 11.3 Å². The van der Waals surface area contributed by atoms with Gasteiger partial charge in [-0.1, -0.05) is 0 Å². The lowest BCUT2D eigenvalue weighted by Crippen LogP contribution is -2.09. The van der Waals surface area contributed by atoms with Crippen LogP contribution in [0.5, 0.6) is 5.75 Å². The lowest BCUT2D eigenvalue weighted by Gasteiger charge is -2.06. The highest BCUT2D eigenvalue weighted by Gasteiger charge is 2.02. The Morgan fingerprint density at radius 2 is 1.87 bits per heavy atom. The highest BCUT2D eigenvalue weighted by atomic mass is 32.1. The average Bonchev–Trinajstić information content (AvgIpc) is 2.51. The second-order valence-corrected chi connectivity index (χ2v) is 4.69. The number of methoxy groups -OCH3 is 1. The monoisotopic (exact) mass is 230 g/mol. The number of hydrogen-bond acceptors (Lipinski definition) is 4. The van der Waals surface area contributed by atoms with Crippen molar-refractivity contribution >= 4 is 11.3 Å². The lowest BCUT2D eigenvalue weighted by atomic mass is 10.4. The maximum absolute atomic E-state index is 5.58. The first-order chi connectivity index (χ1) is 7.24. The predicted molar refractivity (Wildman–Crippen MR) is 62.0 cm³/mol. The fraction of sp³-hybridized carbons (Fsp3) is 0.636. The summed E-state index contributed by atoms with van der Waals surface area (Å²) in [6.07, 6.45) is 0. The molecule has 4 heteroatoms. The van der Waals surface area contributed by atoms with E-state index in [4.69, 9.17) is 14.2 Å². The summed E-state index contributed by atoms with van der Waals surface area (Å²) in [5.74, 6) is 0.979. The molecule has 0 aliphatic carbocycles. The smallest absolute Gasteiger partial charge is 0.133 e. The third kappa shape index (κ3) is 4.64. The molecule has 1 rings (SSSR count). The van der Waals surface area contributed by atoms with Crippen LogP contribution in [0.2, 0.25) is 0 Å². The minimum atomic E-state index is 0.598. The lowest BCUT2D eigenvalue weighted by molar-refractivity contribution is 0.0544. The van der Waals surface area contributed by atoms with Crippen molar-refractivity contribution in [1.82, 2.24) is 0 Å². The zero-order chi connectivity index (χ0) is 11.1. The van der Waals surface area contributed by atoms with E-state index in [-0.39, 0.29) is 0 Å². The van der Waals surface area contributed by atoms with Crippen LogP contribution in [0.4, 0.5) is 0 Å². The standard InChI is InChI=1S/C11H18O3S/c1-9-8-11(10(2)15-9)14-7-6-13-5-4-12-3/h8H,4-7H2,1-3H3. The van der Waals surface area contributed by atoms with Gasteiger partial charge in [0.2, 0.25) is 0 Å². The summed E-state index contributed by atoms with van der Waals surface area (Å²) in [7, 11) is 1.66. The van der Waals surface area contributed by atoms with Crippen LogP contribution in [0.1, 0.15) is 9.75 Å². The fourth-order valence-electron chi connectivity index (χ4n) is 1.21. The summed E-state index contributed by atoms with van der Waals surface area (Å²) in [6, 6.07) is 2.06. The van der Waals surface area contributed by atoms with Crippen LogP contribution < -0.4 is 4.74 Å². The summed E-state index contributed by atoms with van der Waals surface area (Å²) < 4.78 is 15.7. The molecule has 0 saturated carbocycles. The summed E-state index contributed by atoms with van der Waals surface area (Å²) in [4.78, 5) is 2.51. The Kier molecular flexibility index (Phi) is 5.68. The van der Waals surface area contributed by atoms with Crippen molar-refractivity contribution in [3.8, 4) is 5.75 Å². The van der Waals surface area contributed by atoms with Crippen molar-refractivity contribution in [3.05, 3.63) is 15.8 Å². The molecule has 0 aliphatic heterocycles. The van der Waals surface area contributed by atoms with Crippen LogP contribution in [0, 0.1) is 13.8 Å². The zero-order valence-electron chi connectivity index (χ0n) is 9.54. The van der Waals surface area contributed by atoms with E-state index in [1.54, 1.807) is 18.4 Å². The normalized spacial score (nSPS) is 10.6. The third-order valence-electron chi connectivity index (χ3n) is 1.91. The Morgan fingerprint density at radius 3 is 2.47 bits per heavy atom. The number of hydrogen-bond donors (Lipinski definition) is 0. The molecule has 15 heavy (non-hydrogen) atoms. The van der Waals surface area contributed by atoms with E-state index in [0.717, 1.165) is 5.75 Å². The highest BCUT2D eigenvalue weighted by molar-refractivity contribution is 7.12. The quantitative estimate of drug-likeness (QED) is 0.673. The third-order valence-corrected chi connectivity index (χ3v) is 2.86. The maximum Gasteiger partial charge on any atom is 0.133 e. The van der Waals surface area contributed by atoms with E-state index >= 15 is 0 Å². The van der Waals surface area contributed by atoms with Gasteiger partial charge < -0.3 is 14.2 Å². The summed E-state index contributed by atoms with van der Waals surface area (Å²) >= 11 is 1.76. The van der Waals surface area contributed by atoms with Gasteiger partial charge in [-0.2, -0.15) is 0 Å². The summed E-state index contributed by atoms with van der Waals surface area (Å²) in [5, 5.41) is 0. The molecule has 0 atom stereocenters. The Hall–Kier alpha value is -0.580. The number of ether oxygens (including phenoxy) is 3. The molecular weight excluding hydrogens is 212 g/mol. The molecule has 0 radical (unpaired) electrons. The van der Waals surface area contributed by atoms with Gasteiger partial charge in [0.05, 0.1) is 19.8 Å². The van der Waals surface area contributed by atoms with Crippen LogP contribution in [0.15, 0.2) is 6.07 Å². The van der Waals surface area contributed by atoms with Gasteiger partial charge in [-0.3, -0.25) is 0 Å². The van der Waals surface area contributed by atoms with Crippen molar-refractivity contribution in [3.63, 3.8) is 0 Å². The number of thiophene rings is 1. The Morgan fingerprint density at radius 1 is 1.13 bits per heavy atom. The minimum absolute atomic E-state index is 0.598. The number of aryl methyl sites for hydroxylation is 2. The average molecular weight is 230 g/mol. The maximum atomic E-state index is 5.58. The van der Waals surface area contributed by atoms with Crippen LogP contribution in [0.25, 0.3) is 0 Å². The molecule has 0 unspecified atom stereocenters. The first-order valence-electron chi connectivity index (χ1n) is 5.00. The molecule has 86 valence electrons. The highest BCUT2D eigenvalue weighted by Crippen LogP contribution is 2.27. The second-order valence-electron chi connectivity index (χ2n) is 3.23. The second kappa shape index (κ2) is 6.82. The molecule has 0 fully saturated rings. The van der Waals surface area contributed by atoms with Gasteiger partial charge in [0, 0.05) is 16.9 Å². The SMILES string of the molecule is COCCOCCOc1cc(C)sc1C. The number of rotatable bonds is 7. The summed E-state index contributed by atoms with van der Waals surface area (Å²) in [6.45, 7) is 6.62. The van der Waals surface area contributed by atoms with Gasteiger partial charge in [0.15, 0.2) is 0 Å². The predicted octanol–water partition coefficient (Wildman–Crippen LogP) is 2.41. The van der Waals surface area contributed by atoms with Crippen molar-refractivity contribution in [2.75, 3.05) is 33.5 Å². The van der Waals surface area contributed by atoms with Crippen molar-refractivity contribution in [2.45, 2.75) is 13.8 Å². The van der Waals surface area contributed by atoms with E-state index in [1.165, 1.54) is 9.75 Å². The van der Waals surface area contributed by atoms with Crippen LogP contribution >= 0.6 is 11.3 Å². The Balaban J connectivity index is 2.12. The van der Waals surface area contributed by atoms with E-state index in [2.05, 4.69) is 19.9 Å². The van der Waals surface area contributed by atoms with Crippen LogP contribution in [-0.4, -0.2) is 33.5 Å². The molecule has 0 spiro atoms. The first-order valence-corrected chi connectivity index (χ1v) is 5.82. The van der Waals surface area contributed by atoms with E-state index in [1.807, 2.05) is 0 Å². The molecule has 1 aromatic rings. The Labute approximate surface area is 95.0 Å². The molecule has 0 aliphatic rings. The van der Waals surface area contributed by atoms with Crippen molar-refractivity contribution in [2.24, 2.45) is 0 Å². The fourth-order valence-corrected chi connectivity index (χ4v) is 2.07. The Bertz CT molecular complexity index is 283. The molecule has 1 aromatic heterocycles. The van der Waals surface area contributed by atoms with Gasteiger partial charge in [0.25, 0.3) is 0 Å². The molecule has 0 N–H and O–H groups in total. The minimum Gasteiger partial charge on any atom is -0.490 e. The van der Waals surface area contributed by atoms with Gasteiger partial charge in [-0.25, -0.2) is 0 Å². The van der Waals surface area contributed by atoms with E-state index in [0.29, 0.717) is 26.4 Å². The molecule has 0 saturated heterocycles. The molecule has 0 aromatic carbocycles. The van der Waals surface area contributed by atoms with Crippen molar-refractivity contribution in [1.29, 1.82) is 0 Å². The van der Waals surface area contributed by atoms with Crippen molar-refractivity contribution < 1.29 is 14.2 Å². The molecular formula is C11H18O3S. The van der Waals surface area contributed by atoms with Gasteiger partial charge in [0.1, 0.15) is 12.4 Å². The largest absolute Gasteiger partial charge is 0.490 e. The topological polar surface area (TPSA) is 27.7 Å². The summed E-state index contributed by atoms with van der Waals surface area (Å²) in [5.41, 5.74) is 0. The van der Waals surface area contributed by atoms with Crippen LogP contribution in [0.3, 0.4) is 0 Å². The molecule has 0 bridgehead atoms. The van der Waals surface area contributed by atoms with E-state index in [9.17, 15) is 0 Å². The van der Waals surface area contributed by atoms with Crippen LogP contribution in [-0.2, 0) is 9.47 Å². The zero-order valence-corrected chi connectivity index (χ0v) is 10.4. The van der Waals surface area contributed by atoms with Gasteiger partial charge >= 0.3 is 0 Å². The molecule has 3 nitrogen and oxygen atoms in total. The van der Waals surface area contributed by atoms with Gasteiger partial charge in [-0.05, 0) is 19.9 Å². The van der Waals surface area contributed by atoms with E-state index < -0.39 is 0 Å². The molecule has 0 amide bonds. The first kappa shape index (κ1) is 12.5. The molecule has 1 heterocycles.